The van der Waals surface area contributed by atoms with Gasteiger partial charge in [0.05, 0.1) is 28.8 Å². The van der Waals surface area contributed by atoms with Crippen molar-refractivity contribution in [2.75, 3.05) is 18.4 Å². The number of amides is 1. The van der Waals surface area contributed by atoms with Gasteiger partial charge in [0, 0.05) is 29.8 Å². The molecule has 0 aliphatic carbocycles. The number of aromatic amines is 2. The average Bonchev–Trinajstić information content (AvgIpc) is 3.48. The minimum absolute atomic E-state index is 0.0267. The summed E-state index contributed by atoms with van der Waals surface area (Å²) < 4.78 is 0. The number of hydrogen-bond acceptors (Lipinski definition) is 6. The Balaban J connectivity index is 1.27. The molecule has 34 heavy (non-hydrogen) atoms. The van der Waals surface area contributed by atoms with Crippen LogP contribution in [-0.4, -0.2) is 49.1 Å². The number of aromatic nitrogens is 6. The summed E-state index contributed by atoms with van der Waals surface area (Å²) in [7, 11) is 0. The van der Waals surface area contributed by atoms with Gasteiger partial charge in [-0.2, -0.15) is 5.10 Å². The molecular weight excluding hydrogens is 428 g/mol. The van der Waals surface area contributed by atoms with E-state index in [1.165, 1.54) is 0 Å². The molecule has 0 saturated carbocycles. The van der Waals surface area contributed by atoms with E-state index in [2.05, 4.69) is 35.8 Å². The number of pyridine rings is 3. The summed E-state index contributed by atoms with van der Waals surface area (Å²) in [4.78, 5) is 29.4. The topological polar surface area (TPSA) is 124 Å². The van der Waals surface area contributed by atoms with Crippen LogP contribution in [0.1, 0.15) is 19.3 Å². The Labute approximate surface area is 195 Å². The monoisotopic (exact) mass is 452 g/mol. The van der Waals surface area contributed by atoms with Crippen molar-refractivity contribution in [3.63, 3.8) is 0 Å². The van der Waals surface area contributed by atoms with Crippen LogP contribution >= 0.6 is 0 Å². The van der Waals surface area contributed by atoms with Gasteiger partial charge in [-0.1, -0.05) is 0 Å². The molecule has 5 aromatic rings. The number of hydrogen-bond donors (Lipinski definition) is 4. The normalized spacial score (nSPS) is 14.6. The van der Waals surface area contributed by atoms with Gasteiger partial charge in [0.2, 0.25) is 5.91 Å². The zero-order valence-corrected chi connectivity index (χ0v) is 18.5. The van der Waals surface area contributed by atoms with Gasteiger partial charge in [-0.25, -0.2) is 9.97 Å². The molecule has 1 amide bonds. The average molecular weight is 453 g/mol. The molecule has 170 valence electrons. The van der Waals surface area contributed by atoms with Gasteiger partial charge < -0.3 is 15.6 Å². The molecule has 9 heteroatoms. The standard InChI is InChI=1S/C25H24N8O/c34-22(10-15-5-8-26-9-6-15)29-18-11-17(13-27-14-18)19-3-4-20-23(30-19)24(33-32-20)21-12-16-2-1-7-28-25(16)31-21/h1-4,7,11-15,26H,5-6,8-10H2,(H,28,31)(H,29,34)(H,32,33). The fourth-order valence-electron chi connectivity index (χ4n) is 4.54. The number of carbonyl (C=O) groups excluding carboxylic acids is 1. The number of piperidine rings is 1. The third-order valence-corrected chi connectivity index (χ3v) is 6.31. The third-order valence-electron chi connectivity index (χ3n) is 6.31. The predicted molar refractivity (Wildman–Crippen MR) is 131 cm³/mol. The van der Waals surface area contributed by atoms with Gasteiger partial charge in [-0.3, -0.25) is 14.9 Å². The Morgan fingerprint density at radius 2 is 2.03 bits per heavy atom. The Hall–Kier alpha value is -4.11. The Bertz CT molecular complexity index is 1450. The van der Waals surface area contributed by atoms with Gasteiger partial charge in [0.25, 0.3) is 0 Å². The van der Waals surface area contributed by atoms with Crippen molar-refractivity contribution in [1.29, 1.82) is 0 Å². The molecular formula is C25H24N8O. The second-order valence-corrected chi connectivity index (χ2v) is 8.70. The van der Waals surface area contributed by atoms with Crippen molar-refractivity contribution in [2.24, 2.45) is 5.92 Å². The number of anilines is 1. The summed E-state index contributed by atoms with van der Waals surface area (Å²) in [5.74, 6) is 0.458. The fraction of sp³-hybridized carbons (Fsp3) is 0.240. The molecule has 0 unspecified atom stereocenters. The highest BCUT2D eigenvalue weighted by molar-refractivity contribution is 5.94. The van der Waals surface area contributed by atoms with E-state index in [9.17, 15) is 4.79 Å². The van der Waals surface area contributed by atoms with Crippen LogP contribution in [0.3, 0.4) is 0 Å². The highest BCUT2D eigenvalue weighted by atomic mass is 16.1. The van der Waals surface area contributed by atoms with E-state index in [0.717, 1.165) is 70.6 Å². The molecule has 0 bridgehead atoms. The summed E-state index contributed by atoms with van der Waals surface area (Å²) in [6.07, 6.45) is 7.79. The molecule has 0 spiro atoms. The van der Waals surface area contributed by atoms with Crippen molar-refractivity contribution < 1.29 is 4.79 Å². The van der Waals surface area contributed by atoms with Crippen molar-refractivity contribution >= 4 is 33.7 Å². The first-order valence-electron chi connectivity index (χ1n) is 11.5. The summed E-state index contributed by atoms with van der Waals surface area (Å²) >= 11 is 0. The lowest BCUT2D eigenvalue weighted by molar-refractivity contribution is -0.117. The van der Waals surface area contributed by atoms with Crippen LogP contribution in [0.5, 0.6) is 0 Å². The minimum atomic E-state index is 0.0267. The predicted octanol–water partition coefficient (Wildman–Crippen LogP) is 3.89. The van der Waals surface area contributed by atoms with E-state index in [-0.39, 0.29) is 5.91 Å². The van der Waals surface area contributed by atoms with E-state index in [1.54, 1.807) is 18.6 Å². The van der Waals surface area contributed by atoms with Crippen molar-refractivity contribution in [2.45, 2.75) is 19.3 Å². The molecule has 9 nitrogen and oxygen atoms in total. The van der Waals surface area contributed by atoms with Crippen molar-refractivity contribution in [3.05, 3.63) is 55.0 Å². The zero-order chi connectivity index (χ0) is 22.9. The van der Waals surface area contributed by atoms with Gasteiger partial charge in [0.15, 0.2) is 0 Å². The largest absolute Gasteiger partial charge is 0.338 e. The van der Waals surface area contributed by atoms with E-state index >= 15 is 0 Å². The van der Waals surface area contributed by atoms with Crippen LogP contribution in [0.2, 0.25) is 0 Å². The lowest BCUT2D eigenvalue weighted by Crippen LogP contribution is -2.30. The number of nitrogens with one attached hydrogen (secondary N) is 4. The molecule has 0 atom stereocenters. The number of fused-ring (bicyclic) bond motifs is 2. The zero-order valence-electron chi connectivity index (χ0n) is 18.5. The molecule has 1 aliphatic rings. The lowest BCUT2D eigenvalue weighted by atomic mass is 9.94. The summed E-state index contributed by atoms with van der Waals surface area (Å²) in [6, 6.07) is 11.7. The van der Waals surface area contributed by atoms with Gasteiger partial charge in [-0.05, 0) is 68.2 Å². The fourth-order valence-corrected chi connectivity index (χ4v) is 4.54. The van der Waals surface area contributed by atoms with Gasteiger partial charge in [-0.15, -0.1) is 0 Å². The Morgan fingerprint density at radius 1 is 1.12 bits per heavy atom. The maximum atomic E-state index is 12.5. The summed E-state index contributed by atoms with van der Waals surface area (Å²) in [5, 5.41) is 14.9. The van der Waals surface area contributed by atoms with E-state index in [0.29, 0.717) is 18.0 Å². The Kier molecular flexibility index (Phi) is 5.23. The summed E-state index contributed by atoms with van der Waals surface area (Å²) in [6.45, 7) is 1.96. The lowest BCUT2D eigenvalue weighted by Gasteiger charge is -2.21. The van der Waals surface area contributed by atoms with Gasteiger partial charge in [0.1, 0.15) is 16.9 Å². The van der Waals surface area contributed by atoms with Crippen LogP contribution in [0.4, 0.5) is 5.69 Å². The number of rotatable bonds is 5. The molecule has 1 saturated heterocycles. The van der Waals surface area contributed by atoms with Crippen LogP contribution in [-0.2, 0) is 4.79 Å². The highest BCUT2D eigenvalue weighted by Gasteiger charge is 2.18. The molecule has 6 heterocycles. The summed E-state index contributed by atoms with van der Waals surface area (Å²) in [5.41, 5.74) is 6.23. The Morgan fingerprint density at radius 3 is 2.91 bits per heavy atom. The minimum Gasteiger partial charge on any atom is -0.338 e. The third kappa shape index (κ3) is 4.01. The SMILES string of the molecule is O=C(CC1CCNCC1)Nc1cncc(-c2ccc3[nH]nc(-c4cc5cccnc5[nH]4)c3n2)c1. The van der Waals surface area contributed by atoms with E-state index in [4.69, 9.17) is 4.98 Å². The second-order valence-electron chi connectivity index (χ2n) is 8.70. The molecule has 5 aromatic heterocycles. The molecule has 1 aliphatic heterocycles. The van der Waals surface area contributed by atoms with Crippen LogP contribution < -0.4 is 10.6 Å². The van der Waals surface area contributed by atoms with Crippen LogP contribution in [0, 0.1) is 5.92 Å². The van der Waals surface area contributed by atoms with E-state index in [1.807, 2.05) is 36.4 Å². The molecule has 0 radical (unpaired) electrons. The maximum absolute atomic E-state index is 12.5. The van der Waals surface area contributed by atoms with Crippen LogP contribution in [0.25, 0.3) is 44.7 Å². The van der Waals surface area contributed by atoms with Crippen molar-refractivity contribution in [3.8, 4) is 22.6 Å². The first-order chi connectivity index (χ1) is 16.7. The van der Waals surface area contributed by atoms with Crippen LogP contribution in [0.15, 0.2) is 55.0 Å². The smallest absolute Gasteiger partial charge is 0.224 e. The molecule has 4 N–H and O–H groups in total. The number of nitrogens with zero attached hydrogens (tertiary/aromatic N) is 4. The first-order valence-corrected chi connectivity index (χ1v) is 11.5. The molecule has 0 aromatic carbocycles. The number of carbonyl (C=O) groups is 1. The maximum Gasteiger partial charge on any atom is 0.224 e. The van der Waals surface area contributed by atoms with E-state index < -0.39 is 0 Å². The van der Waals surface area contributed by atoms with Crippen molar-refractivity contribution in [1.82, 2.24) is 35.5 Å². The quantitative estimate of drug-likeness (QED) is 0.321. The molecule has 1 fully saturated rings. The number of H-pyrrole nitrogens is 2. The van der Waals surface area contributed by atoms with Gasteiger partial charge >= 0.3 is 0 Å². The molecule has 6 rings (SSSR count). The second kappa shape index (κ2) is 8.68. The highest BCUT2D eigenvalue weighted by Crippen LogP contribution is 2.29. The first kappa shape index (κ1) is 20.5.